The minimum absolute atomic E-state index is 0.214. The highest BCUT2D eigenvalue weighted by molar-refractivity contribution is 5.53. The molecule has 0 radical (unpaired) electrons. The van der Waals surface area contributed by atoms with E-state index in [-0.39, 0.29) is 5.82 Å². The lowest BCUT2D eigenvalue weighted by atomic mass is 9.74. The van der Waals surface area contributed by atoms with Gasteiger partial charge in [-0.1, -0.05) is 32.1 Å². The molecule has 6 rings (SSSR count). The van der Waals surface area contributed by atoms with Gasteiger partial charge in [-0.2, -0.15) is 0 Å². The zero-order chi connectivity index (χ0) is 22.9. The van der Waals surface area contributed by atoms with E-state index in [4.69, 9.17) is 9.72 Å². The van der Waals surface area contributed by atoms with Crippen molar-refractivity contribution in [2.75, 3.05) is 18.5 Å². The molecule has 34 heavy (non-hydrogen) atoms. The van der Waals surface area contributed by atoms with Crippen molar-refractivity contribution in [1.29, 1.82) is 0 Å². The summed E-state index contributed by atoms with van der Waals surface area (Å²) in [7, 11) is 0. The van der Waals surface area contributed by atoms with Crippen LogP contribution in [0.25, 0.3) is 5.65 Å². The van der Waals surface area contributed by atoms with Gasteiger partial charge in [0.1, 0.15) is 17.9 Å². The van der Waals surface area contributed by atoms with E-state index in [1.807, 2.05) is 10.6 Å². The van der Waals surface area contributed by atoms with Crippen LogP contribution >= 0.6 is 0 Å². The molecule has 2 fully saturated rings. The van der Waals surface area contributed by atoms with Crippen LogP contribution in [0.2, 0.25) is 0 Å². The van der Waals surface area contributed by atoms with Gasteiger partial charge in [-0.25, -0.2) is 9.37 Å². The third kappa shape index (κ3) is 4.02. The van der Waals surface area contributed by atoms with E-state index >= 15 is 0 Å². The van der Waals surface area contributed by atoms with E-state index in [0.717, 1.165) is 36.3 Å². The summed E-state index contributed by atoms with van der Waals surface area (Å²) in [6.07, 6.45) is 14.7. The first-order chi connectivity index (χ1) is 16.8. The number of hydrogen-bond donors (Lipinski definition) is 2. The fourth-order valence-electron chi connectivity index (χ4n) is 6.35. The normalized spacial score (nSPS) is 25.0. The second kappa shape index (κ2) is 9.49. The summed E-state index contributed by atoms with van der Waals surface area (Å²) in [6.45, 7) is 1.98. The summed E-state index contributed by atoms with van der Waals surface area (Å²) in [6, 6.07) is 3.77. The molecule has 3 atom stereocenters. The largest absolute Gasteiger partial charge is 0.493 e. The summed E-state index contributed by atoms with van der Waals surface area (Å²) in [5.41, 5.74) is 3.66. The van der Waals surface area contributed by atoms with Crippen molar-refractivity contribution >= 4 is 11.6 Å². The maximum absolute atomic E-state index is 14.6. The number of ether oxygens (including phenoxy) is 1. The first-order valence-corrected chi connectivity index (χ1v) is 12.9. The molecule has 1 aromatic carbocycles. The topological polar surface area (TPSA) is 76.4 Å². The summed E-state index contributed by atoms with van der Waals surface area (Å²) >= 11 is 0. The molecule has 0 amide bonds. The van der Waals surface area contributed by atoms with E-state index < -0.39 is 0 Å². The van der Waals surface area contributed by atoms with Crippen molar-refractivity contribution in [3.8, 4) is 5.75 Å². The molecule has 2 aromatic heterocycles. The molecule has 3 unspecified atom stereocenters. The number of anilines is 1. The Morgan fingerprint density at radius 3 is 2.94 bits per heavy atom. The molecule has 2 N–H and O–H groups in total. The van der Waals surface area contributed by atoms with Crippen molar-refractivity contribution in [3.05, 3.63) is 47.2 Å². The molecule has 7 nitrogen and oxygen atoms in total. The first-order valence-electron chi connectivity index (χ1n) is 12.9. The predicted octanol–water partition coefficient (Wildman–Crippen LogP) is 4.62. The number of aromatic nitrogens is 4. The molecule has 1 aliphatic carbocycles. The lowest BCUT2D eigenvalue weighted by Crippen LogP contribution is -2.45. The Hall–Kier alpha value is -2.74. The lowest BCUT2D eigenvalue weighted by Gasteiger charge is -2.39. The quantitative estimate of drug-likeness (QED) is 0.587. The van der Waals surface area contributed by atoms with Crippen LogP contribution in [-0.4, -0.2) is 38.8 Å². The maximum Gasteiger partial charge on any atom is 0.210 e. The van der Waals surface area contributed by atoms with Gasteiger partial charge < -0.3 is 15.4 Å². The summed E-state index contributed by atoms with van der Waals surface area (Å²) in [5.74, 6) is 2.25. The fourth-order valence-corrected chi connectivity index (χ4v) is 6.35. The number of hydrogen-bond acceptors (Lipinski definition) is 6. The number of halogens is 1. The fraction of sp³-hybridized carbons (Fsp3) is 0.577. The van der Waals surface area contributed by atoms with E-state index in [2.05, 4.69) is 20.8 Å². The summed E-state index contributed by atoms with van der Waals surface area (Å²) in [5, 5.41) is 15.9. The SMILES string of the molecule is Fc1ccc2c(c1CNc1ncc(C3CCNC4CCCCCCCC43)c3nncn13)CCO2. The first kappa shape index (κ1) is 21.8. The molecule has 3 aromatic rings. The molecule has 0 spiro atoms. The zero-order valence-corrected chi connectivity index (χ0v) is 19.6. The molecule has 1 saturated heterocycles. The van der Waals surface area contributed by atoms with Crippen LogP contribution in [0.3, 0.4) is 0 Å². The van der Waals surface area contributed by atoms with Gasteiger partial charge in [-0.05, 0) is 49.8 Å². The Morgan fingerprint density at radius 2 is 2.00 bits per heavy atom. The number of benzene rings is 1. The number of nitrogens with one attached hydrogen (secondary N) is 2. The van der Waals surface area contributed by atoms with Gasteiger partial charge in [0.15, 0.2) is 5.65 Å². The zero-order valence-electron chi connectivity index (χ0n) is 19.6. The van der Waals surface area contributed by atoms with E-state index in [9.17, 15) is 4.39 Å². The van der Waals surface area contributed by atoms with E-state index in [1.54, 1.807) is 12.4 Å². The molecule has 1 saturated carbocycles. The van der Waals surface area contributed by atoms with Crippen LogP contribution in [0.4, 0.5) is 10.3 Å². The van der Waals surface area contributed by atoms with Crippen molar-refractivity contribution < 1.29 is 9.13 Å². The molecule has 2 aliphatic heterocycles. The highest BCUT2D eigenvalue weighted by Crippen LogP contribution is 2.40. The van der Waals surface area contributed by atoms with Gasteiger partial charge >= 0.3 is 0 Å². The van der Waals surface area contributed by atoms with Crippen molar-refractivity contribution in [2.24, 2.45) is 5.92 Å². The van der Waals surface area contributed by atoms with E-state index in [1.165, 1.54) is 56.6 Å². The van der Waals surface area contributed by atoms with Gasteiger partial charge in [0.2, 0.25) is 5.95 Å². The second-order valence-electron chi connectivity index (χ2n) is 9.98. The summed E-state index contributed by atoms with van der Waals surface area (Å²) in [4.78, 5) is 4.79. The van der Waals surface area contributed by atoms with Crippen molar-refractivity contribution in [2.45, 2.75) is 76.3 Å². The van der Waals surface area contributed by atoms with Crippen LogP contribution in [-0.2, 0) is 13.0 Å². The highest BCUT2D eigenvalue weighted by atomic mass is 19.1. The third-order valence-electron chi connectivity index (χ3n) is 8.07. The monoisotopic (exact) mass is 464 g/mol. The van der Waals surface area contributed by atoms with Gasteiger partial charge in [-0.3, -0.25) is 4.40 Å². The molecule has 4 heterocycles. The number of nitrogens with zero attached hydrogens (tertiary/aromatic N) is 4. The van der Waals surface area contributed by atoms with E-state index in [0.29, 0.717) is 42.5 Å². The Morgan fingerprint density at radius 1 is 1.12 bits per heavy atom. The summed E-state index contributed by atoms with van der Waals surface area (Å²) < 4.78 is 22.1. The minimum Gasteiger partial charge on any atom is -0.493 e. The highest BCUT2D eigenvalue weighted by Gasteiger charge is 2.35. The van der Waals surface area contributed by atoms with Crippen LogP contribution < -0.4 is 15.4 Å². The smallest absolute Gasteiger partial charge is 0.210 e. The van der Waals surface area contributed by atoms with Crippen LogP contribution in [0.5, 0.6) is 5.75 Å². The van der Waals surface area contributed by atoms with Crippen LogP contribution in [0.15, 0.2) is 24.7 Å². The second-order valence-corrected chi connectivity index (χ2v) is 9.98. The molecule has 180 valence electrons. The lowest BCUT2D eigenvalue weighted by molar-refractivity contribution is 0.217. The molecular weight excluding hydrogens is 431 g/mol. The van der Waals surface area contributed by atoms with Gasteiger partial charge in [0.25, 0.3) is 0 Å². The predicted molar refractivity (Wildman–Crippen MR) is 129 cm³/mol. The minimum atomic E-state index is -0.214. The molecule has 8 heteroatoms. The van der Waals surface area contributed by atoms with Gasteiger partial charge in [0.05, 0.1) is 6.61 Å². The Labute approximate surface area is 199 Å². The average molecular weight is 465 g/mol. The van der Waals surface area contributed by atoms with Crippen molar-refractivity contribution in [3.63, 3.8) is 0 Å². The Bertz CT molecular complexity index is 1160. The maximum atomic E-state index is 14.6. The van der Waals surface area contributed by atoms with Gasteiger partial charge in [0, 0.05) is 41.9 Å². The third-order valence-corrected chi connectivity index (χ3v) is 8.07. The van der Waals surface area contributed by atoms with Gasteiger partial charge in [-0.15, -0.1) is 10.2 Å². The standard InChI is InChI=1S/C26H33FN6O/c27-22-8-9-24-19(11-13-34-24)20(22)14-29-26-30-15-21(25-32-31-16-33(25)26)17-10-12-28-23-7-5-3-1-2-4-6-18(17)23/h8-9,15-18,23,28H,1-7,10-14H2,(H,29,30). The number of rotatable bonds is 4. The Balaban J connectivity index is 1.28. The average Bonchev–Trinajstić information content (AvgIpc) is 3.54. The van der Waals surface area contributed by atoms with Crippen LogP contribution in [0, 0.1) is 11.7 Å². The molecular formula is C26H33FN6O. The van der Waals surface area contributed by atoms with Crippen LogP contribution in [0.1, 0.15) is 74.0 Å². The molecule has 3 aliphatic rings. The number of piperidine rings is 1. The Kier molecular flexibility index (Phi) is 6.07. The number of fused-ring (bicyclic) bond motifs is 3. The molecule has 0 bridgehead atoms. The van der Waals surface area contributed by atoms with Crippen molar-refractivity contribution in [1.82, 2.24) is 24.9 Å².